The Bertz CT molecular complexity index is 1120. The van der Waals surface area contributed by atoms with Crippen molar-refractivity contribution in [2.75, 3.05) is 0 Å². The van der Waals surface area contributed by atoms with Crippen molar-refractivity contribution in [2.24, 2.45) is 0 Å². The first kappa shape index (κ1) is 29.8. The van der Waals surface area contributed by atoms with Gasteiger partial charge in [0.15, 0.2) is 0 Å². The van der Waals surface area contributed by atoms with Gasteiger partial charge in [0.05, 0.1) is 0 Å². The number of aromatic hydroxyl groups is 2. The lowest BCUT2D eigenvalue weighted by atomic mass is 9.99. The van der Waals surface area contributed by atoms with Gasteiger partial charge in [0.1, 0.15) is 29.2 Å². The van der Waals surface area contributed by atoms with Crippen LogP contribution in [0.2, 0.25) is 0 Å². The third-order valence-electron chi connectivity index (χ3n) is 6.41. The van der Waals surface area contributed by atoms with Crippen molar-refractivity contribution >= 4 is 17.9 Å². The molecule has 0 saturated heterocycles. The Labute approximate surface area is 230 Å². The maximum absolute atomic E-state index is 14.3. The second-order valence-corrected chi connectivity index (χ2v) is 11.2. The van der Waals surface area contributed by atoms with Gasteiger partial charge in [0.25, 0.3) is 0 Å². The van der Waals surface area contributed by atoms with Crippen LogP contribution in [0.5, 0.6) is 11.5 Å². The molecule has 0 aromatic heterocycles. The zero-order valence-electron chi connectivity index (χ0n) is 23.4. The Kier molecular flexibility index (Phi) is 9.83. The van der Waals surface area contributed by atoms with Gasteiger partial charge in [-0.15, -0.1) is 0 Å². The molecule has 1 saturated carbocycles. The number of rotatable bonds is 11. The van der Waals surface area contributed by atoms with Crippen LogP contribution in [0.1, 0.15) is 77.5 Å². The summed E-state index contributed by atoms with van der Waals surface area (Å²) in [5.74, 6) is -0.583. The SMILES string of the molecule is CCCC(C)NC(=O)C(c1ccc(O)cc1)N(C(=O)C(Cc1ccc(O)cc1)NC(=O)OC(C)(C)C)C1CC1. The van der Waals surface area contributed by atoms with Gasteiger partial charge >= 0.3 is 6.09 Å². The lowest BCUT2D eigenvalue weighted by Crippen LogP contribution is -2.55. The second-order valence-electron chi connectivity index (χ2n) is 11.2. The number of alkyl carbamates (subject to hydrolysis) is 1. The maximum atomic E-state index is 14.3. The second kappa shape index (κ2) is 12.9. The zero-order valence-corrected chi connectivity index (χ0v) is 23.4. The van der Waals surface area contributed by atoms with E-state index in [1.54, 1.807) is 49.9 Å². The van der Waals surface area contributed by atoms with E-state index in [4.69, 9.17) is 4.74 Å². The van der Waals surface area contributed by atoms with Crippen LogP contribution in [0.25, 0.3) is 0 Å². The highest BCUT2D eigenvalue weighted by atomic mass is 16.6. The van der Waals surface area contributed by atoms with Crippen LogP contribution in [-0.4, -0.2) is 56.7 Å². The van der Waals surface area contributed by atoms with Crippen molar-refractivity contribution in [2.45, 2.75) is 96.5 Å². The molecule has 0 radical (unpaired) electrons. The standard InChI is InChI=1S/C30H41N3O6/c1-6-7-19(2)31-27(36)26(21-10-16-24(35)17-11-21)33(22-12-13-22)28(37)25(32-29(38)39-30(3,4)5)18-20-8-14-23(34)15-9-20/h8-11,14-17,19,22,25-26,34-35H,6-7,12-13,18H2,1-5H3,(H,31,36)(H,32,38). The zero-order chi connectivity index (χ0) is 28.7. The summed E-state index contributed by atoms with van der Waals surface area (Å²) in [7, 11) is 0. The third-order valence-corrected chi connectivity index (χ3v) is 6.41. The molecular weight excluding hydrogens is 498 g/mol. The Hall–Kier alpha value is -3.75. The van der Waals surface area contributed by atoms with Crippen LogP contribution in [-0.2, 0) is 20.7 Å². The van der Waals surface area contributed by atoms with E-state index in [1.165, 1.54) is 24.3 Å². The van der Waals surface area contributed by atoms with E-state index in [0.717, 1.165) is 31.2 Å². The molecule has 4 N–H and O–H groups in total. The number of benzene rings is 2. The molecule has 2 aromatic rings. The molecule has 1 fully saturated rings. The molecule has 9 heteroatoms. The fourth-order valence-electron chi connectivity index (χ4n) is 4.49. The maximum Gasteiger partial charge on any atom is 0.408 e. The number of phenols is 2. The van der Waals surface area contributed by atoms with Crippen molar-refractivity contribution in [3.8, 4) is 11.5 Å². The van der Waals surface area contributed by atoms with E-state index in [9.17, 15) is 24.6 Å². The largest absolute Gasteiger partial charge is 0.508 e. The lowest BCUT2D eigenvalue weighted by Gasteiger charge is -2.35. The normalized spacial score (nSPS) is 15.5. The molecule has 1 aliphatic rings. The predicted molar refractivity (Wildman–Crippen MR) is 148 cm³/mol. The Balaban J connectivity index is 1.99. The first-order chi connectivity index (χ1) is 18.4. The molecule has 9 nitrogen and oxygen atoms in total. The molecule has 3 unspecified atom stereocenters. The van der Waals surface area contributed by atoms with Gasteiger partial charge in [-0.3, -0.25) is 9.59 Å². The monoisotopic (exact) mass is 539 g/mol. The number of nitrogens with zero attached hydrogens (tertiary/aromatic N) is 1. The number of amides is 3. The molecular formula is C30H41N3O6. The van der Waals surface area contributed by atoms with Gasteiger partial charge in [-0.2, -0.15) is 0 Å². The van der Waals surface area contributed by atoms with Gasteiger partial charge in [-0.25, -0.2) is 4.79 Å². The Morgan fingerprint density at radius 2 is 1.54 bits per heavy atom. The van der Waals surface area contributed by atoms with E-state index in [-0.39, 0.29) is 35.9 Å². The number of nitrogens with one attached hydrogen (secondary N) is 2. The lowest BCUT2D eigenvalue weighted by molar-refractivity contribution is -0.143. The fraction of sp³-hybridized carbons (Fsp3) is 0.500. The summed E-state index contributed by atoms with van der Waals surface area (Å²) >= 11 is 0. The minimum atomic E-state index is -1.02. The highest BCUT2D eigenvalue weighted by molar-refractivity contribution is 5.93. The first-order valence-corrected chi connectivity index (χ1v) is 13.6. The van der Waals surface area contributed by atoms with Crippen molar-refractivity contribution < 1.29 is 29.3 Å². The van der Waals surface area contributed by atoms with Gasteiger partial charge in [-0.05, 0) is 82.3 Å². The van der Waals surface area contributed by atoms with Gasteiger partial charge < -0.3 is 30.5 Å². The smallest absolute Gasteiger partial charge is 0.408 e. The van der Waals surface area contributed by atoms with Crippen molar-refractivity contribution in [3.63, 3.8) is 0 Å². The highest BCUT2D eigenvalue weighted by Crippen LogP contribution is 2.36. The fourth-order valence-corrected chi connectivity index (χ4v) is 4.49. The number of hydrogen-bond acceptors (Lipinski definition) is 6. The number of ether oxygens (including phenoxy) is 1. The van der Waals surface area contributed by atoms with E-state index < -0.39 is 29.7 Å². The van der Waals surface area contributed by atoms with Crippen LogP contribution < -0.4 is 10.6 Å². The Morgan fingerprint density at radius 3 is 2.05 bits per heavy atom. The van der Waals surface area contributed by atoms with Gasteiger partial charge in [-0.1, -0.05) is 37.6 Å². The molecule has 212 valence electrons. The van der Waals surface area contributed by atoms with Crippen molar-refractivity contribution in [1.29, 1.82) is 0 Å². The molecule has 2 aromatic carbocycles. The molecule has 39 heavy (non-hydrogen) atoms. The number of carbonyl (C=O) groups is 3. The van der Waals surface area contributed by atoms with Crippen molar-refractivity contribution in [3.05, 3.63) is 59.7 Å². The minimum absolute atomic E-state index is 0.0540. The van der Waals surface area contributed by atoms with Crippen LogP contribution in [0.3, 0.4) is 0 Å². The molecule has 1 aliphatic carbocycles. The van der Waals surface area contributed by atoms with Crippen LogP contribution in [0.4, 0.5) is 4.79 Å². The highest BCUT2D eigenvalue weighted by Gasteiger charge is 2.44. The number of carbonyl (C=O) groups excluding carboxylic acids is 3. The number of hydrogen-bond donors (Lipinski definition) is 4. The molecule has 3 amide bonds. The number of phenolic OH excluding ortho intramolecular Hbond substituents is 2. The van der Waals surface area contributed by atoms with E-state index in [1.807, 2.05) is 13.8 Å². The van der Waals surface area contributed by atoms with Crippen LogP contribution in [0, 0.1) is 0 Å². The first-order valence-electron chi connectivity index (χ1n) is 13.6. The summed E-state index contributed by atoms with van der Waals surface area (Å²) in [6, 6.07) is 10.4. The molecule has 0 aliphatic heterocycles. The average molecular weight is 540 g/mol. The van der Waals surface area contributed by atoms with E-state index >= 15 is 0 Å². The Morgan fingerprint density at radius 1 is 0.974 bits per heavy atom. The molecule has 0 bridgehead atoms. The summed E-state index contributed by atoms with van der Waals surface area (Å²) in [6.07, 6.45) is 2.54. The quantitative estimate of drug-likeness (QED) is 0.331. The summed E-state index contributed by atoms with van der Waals surface area (Å²) in [6.45, 7) is 9.18. The van der Waals surface area contributed by atoms with Gasteiger partial charge in [0, 0.05) is 18.5 Å². The molecule has 3 atom stereocenters. The topological polar surface area (TPSA) is 128 Å². The predicted octanol–water partition coefficient (Wildman–Crippen LogP) is 4.57. The summed E-state index contributed by atoms with van der Waals surface area (Å²) in [5.41, 5.74) is 0.520. The van der Waals surface area contributed by atoms with E-state index in [0.29, 0.717) is 5.56 Å². The molecule has 3 rings (SSSR count). The molecule has 0 heterocycles. The minimum Gasteiger partial charge on any atom is -0.508 e. The van der Waals surface area contributed by atoms with Crippen LogP contribution >= 0.6 is 0 Å². The van der Waals surface area contributed by atoms with Gasteiger partial charge in [0.2, 0.25) is 11.8 Å². The third kappa shape index (κ3) is 8.90. The average Bonchev–Trinajstić information content (AvgIpc) is 3.68. The summed E-state index contributed by atoms with van der Waals surface area (Å²) in [4.78, 5) is 42.4. The summed E-state index contributed by atoms with van der Waals surface area (Å²) in [5, 5.41) is 25.3. The van der Waals surface area contributed by atoms with Crippen molar-refractivity contribution in [1.82, 2.24) is 15.5 Å². The summed E-state index contributed by atoms with van der Waals surface area (Å²) < 4.78 is 5.45. The van der Waals surface area contributed by atoms with E-state index in [2.05, 4.69) is 10.6 Å². The van der Waals surface area contributed by atoms with Crippen LogP contribution in [0.15, 0.2) is 48.5 Å². The molecule has 0 spiro atoms.